The Kier molecular flexibility index (Phi) is 11.6. The number of fused-ring (bicyclic) bond motifs is 4. The van der Waals surface area contributed by atoms with Crippen LogP contribution in [-0.2, 0) is 5.41 Å². The third kappa shape index (κ3) is 8.40. The SMILES string of the molecule is CC1(C)c2ccccc2-c2ccc(N(c3cccc(N(c4ccc(F)cc4)c4ccc5cc(-c6ccccc6)c(-c6ccccc6)cc5c4)c3)c3cc(C#N)cc(N(c4ccccc4)c4ccc(F)cc4)c3)cc21. The molecule has 74 heavy (non-hydrogen) atoms. The molecule has 1 aliphatic rings. The molecule has 0 spiro atoms. The summed E-state index contributed by atoms with van der Waals surface area (Å²) >= 11 is 0. The number of nitrogens with zero attached hydrogens (tertiary/aromatic N) is 4. The third-order valence-corrected chi connectivity index (χ3v) is 14.3. The van der Waals surface area contributed by atoms with Gasteiger partial charge in [-0.2, -0.15) is 5.26 Å². The van der Waals surface area contributed by atoms with Crippen LogP contribution in [0.1, 0.15) is 30.5 Å². The summed E-state index contributed by atoms with van der Waals surface area (Å²) < 4.78 is 29.4. The van der Waals surface area contributed by atoms with Crippen LogP contribution < -0.4 is 14.7 Å². The molecule has 0 aromatic heterocycles. The normalized spacial score (nSPS) is 12.1. The van der Waals surface area contributed by atoms with E-state index in [-0.39, 0.29) is 17.0 Å². The standard InChI is InChI=1S/C68H48F2N4/c1-68(2)66-24-13-12-23-62(66)63-36-35-59(44-67(63)68)74(61-38-46(45-71)37-60(43-61)72(53-19-10-5-11-20-53)54-31-26-51(69)27-32-54)57-22-14-21-56(42-57)73(55-33-28-52(70)29-34-55)58-30-25-49-40-64(47-15-6-3-7-16-47)65(41-50(49)39-58)48-17-8-4-9-18-48/h3-44H,1-2H3. The molecule has 354 valence electrons. The topological polar surface area (TPSA) is 33.5 Å². The molecule has 0 N–H and O–H groups in total. The molecule has 0 saturated carbocycles. The Hall–Kier alpha value is -9.57. The summed E-state index contributed by atoms with van der Waals surface area (Å²) in [5.74, 6) is -0.665. The van der Waals surface area contributed by atoms with Gasteiger partial charge < -0.3 is 14.7 Å². The van der Waals surface area contributed by atoms with E-state index in [0.717, 1.165) is 84.2 Å². The van der Waals surface area contributed by atoms with Gasteiger partial charge in [-0.15, -0.1) is 0 Å². The van der Waals surface area contributed by atoms with E-state index in [2.05, 4.69) is 175 Å². The minimum absolute atomic E-state index is 0.292. The highest BCUT2D eigenvalue weighted by Gasteiger charge is 2.36. The van der Waals surface area contributed by atoms with Crippen molar-refractivity contribution in [1.29, 1.82) is 5.26 Å². The summed E-state index contributed by atoms with van der Waals surface area (Å²) in [6, 6.07) is 87.0. The minimum Gasteiger partial charge on any atom is -0.310 e. The Labute approximate surface area is 430 Å². The number of rotatable bonds is 11. The van der Waals surface area contributed by atoms with Crippen molar-refractivity contribution >= 4 is 62.0 Å². The molecule has 0 fully saturated rings. The van der Waals surface area contributed by atoms with Crippen molar-refractivity contribution in [3.05, 3.63) is 283 Å². The molecule has 12 rings (SSSR count). The second-order valence-corrected chi connectivity index (χ2v) is 19.2. The lowest BCUT2D eigenvalue weighted by molar-refractivity contribution is 0.627. The summed E-state index contributed by atoms with van der Waals surface area (Å²) in [5, 5.41) is 13.0. The van der Waals surface area contributed by atoms with Crippen LogP contribution in [0.4, 0.5) is 60.0 Å². The maximum Gasteiger partial charge on any atom is 0.123 e. The lowest BCUT2D eigenvalue weighted by Crippen LogP contribution is -2.17. The van der Waals surface area contributed by atoms with Gasteiger partial charge in [0.25, 0.3) is 0 Å². The Morgan fingerprint density at radius 2 is 0.743 bits per heavy atom. The Bertz CT molecular complexity index is 3910. The second-order valence-electron chi connectivity index (χ2n) is 19.2. The van der Waals surface area contributed by atoms with Gasteiger partial charge in [0.1, 0.15) is 11.6 Å². The van der Waals surface area contributed by atoms with E-state index < -0.39 is 0 Å². The molecule has 0 heterocycles. The Morgan fingerprint density at radius 1 is 0.324 bits per heavy atom. The molecule has 11 aromatic carbocycles. The fraction of sp³-hybridized carbons (Fsp3) is 0.0441. The van der Waals surface area contributed by atoms with Crippen LogP contribution in [0.5, 0.6) is 0 Å². The highest BCUT2D eigenvalue weighted by Crippen LogP contribution is 2.52. The highest BCUT2D eigenvalue weighted by atomic mass is 19.1. The van der Waals surface area contributed by atoms with Gasteiger partial charge in [-0.1, -0.05) is 135 Å². The van der Waals surface area contributed by atoms with Gasteiger partial charge in [-0.3, -0.25) is 0 Å². The second kappa shape index (κ2) is 18.9. The van der Waals surface area contributed by atoms with Gasteiger partial charge in [0.05, 0.1) is 11.6 Å². The van der Waals surface area contributed by atoms with Gasteiger partial charge in [-0.25, -0.2) is 8.78 Å². The number of anilines is 9. The van der Waals surface area contributed by atoms with Gasteiger partial charge in [0.15, 0.2) is 0 Å². The first-order chi connectivity index (χ1) is 36.2. The average Bonchev–Trinajstić information content (AvgIpc) is 3.67. The van der Waals surface area contributed by atoms with Crippen LogP contribution >= 0.6 is 0 Å². The van der Waals surface area contributed by atoms with E-state index in [0.29, 0.717) is 5.56 Å². The summed E-state index contributed by atoms with van der Waals surface area (Å²) in [4.78, 5) is 6.42. The van der Waals surface area contributed by atoms with Crippen molar-refractivity contribution in [3.8, 4) is 39.4 Å². The molecule has 0 amide bonds. The zero-order chi connectivity index (χ0) is 50.3. The van der Waals surface area contributed by atoms with Crippen molar-refractivity contribution < 1.29 is 8.78 Å². The third-order valence-electron chi connectivity index (χ3n) is 14.3. The van der Waals surface area contributed by atoms with E-state index in [1.165, 1.54) is 46.5 Å². The monoisotopic (exact) mass is 958 g/mol. The molecular weight excluding hydrogens is 911 g/mol. The number of hydrogen-bond acceptors (Lipinski definition) is 4. The lowest BCUT2D eigenvalue weighted by atomic mass is 9.82. The maximum atomic E-state index is 14.8. The van der Waals surface area contributed by atoms with Crippen molar-refractivity contribution in [2.45, 2.75) is 19.3 Å². The van der Waals surface area contributed by atoms with Crippen LogP contribution in [0.3, 0.4) is 0 Å². The number of para-hydroxylation sites is 1. The van der Waals surface area contributed by atoms with Gasteiger partial charge in [0, 0.05) is 56.6 Å². The fourth-order valence-electron chi connectivity index (χ4n) is 10.8. The van der Waals surface area contributed by atoms with E-state index in [1.54, 1.807) is 12.1 Å². The average molecular weight is 959 g/mol. The zero-order valence-corrected chi connectivity index (χ0v) is 40.8. The number of halogens is 2. The van der Waals surface area contributed by atoms with E-state index in [1.807, 2.05) is 77.7 Å². The number of hydrogen-bond donors (Lipinski definition) is 0. The molecule has 6 heteroatoms. The first-order valence-electron chi connectivity index (χ1n) is 24.8. The van der Waals surface area contributed by atoms with Crippen molar-refractivity contribution in [3.63, 3.8) is 0 Å². The molecule has 0 bridgehead atoms. The summed E-state index contributed by atoms with van der Waals surface area (Å²) in [5.41, 5.74) is 16.8. The molecular formula is C68H48F2N4. The zero-order valence-electron chi connectivity index (χ0n) is 40.8. The van der Waals surface area contributed by atoms with Crippen LogP contribution in [0.15, 0.2) is 255 Å². The molecule has 4 nitrogen and oxygen atoms in total. The highest BCUT2D eigenvalue weighted by molar-refractivity contribution is 5.99. The first-order valence-corrected chi connectivity index (χ1v) is 24.8. The molecule has 11 aromatic rings. The van der Waals surface area contributed by atoms with Crippen LogP contribution in [0, 0.1) is 23.0 Å². The molecule has 0 atom stereocenters. The minimum atomic E-state index is -0.339. The van der Waals surface area contributed by atoms with Crippen LogP contribution in [0.25, 0.3) is 44.2 Å². The Morgan fingerprint density at radius 3 is 1.34 bits per heavy atom. The van der Waals surface area contributed by atoms with Crippen molar-refractivity contribution in [2.24, 2.45) is 0 Å². The predicted octanol–water partition coefficient (Wildman–Crippen LogP) is 19.0. The first kappa shape index (κ1) is 45.6. The van der Waals surface area contributed by atoms with Crippen molar-refractivity contribution in [2.75, 3.05) is 14.7 Å². The number of benzene rings is 11. The van der Waals surface area contributed by atoms with Gasteiger partial charge in [0.2, 0.25) is 0 Å². The largest absolute Gasteiger partial charge is 0.310 e. The quantitative estimate of drug-likeness (QED) is 0.129. The Balaban J connectivity index is 1.05. The molecule has 0 aliphatic heterocycles. The van der Waals surface area contributed by atoms with E-state index in [9.17, 15) is 14.0 Å². The predicted molar refractivity (Wildman–Crippen MR) is 301 cm³/mol. The van der Waals surface area contributed by atoms with Crippen LogP contribution in [-0.4, -0.2) is 0 Å². The molecule has 0 radical (unpaired) electrons. The summed E-state index contributed by atoms with van der Waals surface area (Å²) in [7, 11) is 0. The lowest BCUT2D eigenvalue weighted by Gasteiger charge is -2.32. The maximum absolute atomic E-state index is 14.8. The smallest absolute Gasteiger partial charge is 0.123 e. The summed E-state index contributed by atoms with van der Waals surface area (Å²) in [6.45, 7) is 4.55. The molecule has 0 saturated heterocycles. The van der Waals surface area contributed by atoms with Crippen LogP contribution in [0.2, 0.25) is 0 Å². The fourth-order valence-corrected chi connectivity index (χ4v) is 10.8. The summed E-state index contributed by atoms with van der Waals surface area (Å²) in [6.07, 6.45) is 0. The van der Waals surface area contributed by atoms with E-state index in [4.69, 9.17) is 0 Å². The molecule has 0 unspecified atom stereocenters. The van der Waals surface area contributed by atoms with Crippen molar-refractivity contribution in [1.82, 2.24) is 0 Å². The van der Waals surface area contributed by atoms with Gasteiger partial charge >= 0.3 is 0 Å². The molecule has 1 aliphatic carbocycles. The number of nitriles is 1. The van der Waals surface area contributed by atoms with E-state index >= 15 is 0 Å². The van der Waals surface area contributed by atoms with Gasteiger partial charge in [-0.05, 0) is 189 Å².